The van der Waals surface area contributed by atoms with Crippen molar-refractivity contribution < 1.29 is 4.79 Å². The van der Waals surface area contributed by atoms with Gasteiger partial charge in [-0.2, -0.15) is 10.2 Å². The standard InChI is InChI=1S/C19H31N5O/c1-18(2,3)22-23-19(4,15-11-7-5-8-12-15)21-17(25)24(20)16-13-9-6-10-14-16/h5,7-8,11-12,16H,6,9-10,13-14,20H2,1-4H3,(H,21,25). The second-order valence-electron chi connectivity index (χ2n) is 7.94. The fourth-order valence-electron chi connectivity index (χ4n) is 2.97. The van der Waals surface area contributed by atoms with E-state index in [4.69, 9.17) is 5.84 Å². The number of hydrogen-bond donors (Lipinski definition) is 2. The summed E-state index contributed by atoms with van der Waals surface area (Å²) in [6.07, 6.45) is 5.36. The van der Waals surface area contributed by atoms with Crippen molar-refractivity contribution in [2.24, 2.45) is 16.1 Å². The summed E-state index contributed by atoms with van der Waals surface area (Å²) in [5.74, 6) is 6.11. The maximum absolute atomic E-state index is 12.7. The topological polar surface area (TPSA) is 83.1 Å². The largest absolute Gasteiger partial charge is 0.333 e. The van der Waals surface area contributed by atoms with Crippen LogP contribution in [0.4, 0.5) is 4.79 Å². The van der Waals surface area contributed by atoms with Crippen LogP contribution < -0.4 is 11.2 Å². The number of benzene rings is 1. The number of urea groups is 1. The molecule has 1 atom stereocenters. The van der Waals surface area contributed by atoms with Gasteiger partial charge in [0, 0.05) is 11.6 Å². The van der Waals surface area contributed by atoms with E-state index in [9.17, 15) is 4.79 Å². The van der Waals surface area contributed by atoms with Crippen LogP contribution in [-0.2, 0) is 5.66 Å². The maximum Gasteiger partial charge on any atom is 0.333 e. The van der Waals surface area contributed by atoms with Gasteiger partial charge in [-0.3, -0.25) is 5.01 Å². The summed E-state index contributed by atoms with van der Waals surface area (Å²) in [6, 6.07) is 9.43. The molecule has 1 aliphatic rings. The summed E-state index contributed by atoms with van der Waals surface area (Å²) in [7, 11) is 0. The number of carbonyl (C=O) groups excluding carboxylic acids is 1. The molecule has 0 aromatic heterocycles. The minimum Gasteiger partial charge on any atom is -0.307 e. The molecule has 138 valence electrons. The van der Waals surface area contributed by atoms with Crippen LogP contribution in [0, 0.1) is 0 Å². The zero-order valence-electron chi connectivity index (χ0n) is 15.8. The number of carbonyl (C=O) groups is 1. The van der Waals surface area contributed by atoms with Crippen molar-refractivity contribution >= 4 is 6.03 Å². The monoisotopic (exact) mass is 345 g/mol. The lowest BCUT2D eigenvalue weighted by Crippen LogP contribution is -2.55. The number of azo groups is 1. The Balaban J connectivity index is 2.20. The number of hydrogen-bond acceptors (Lipinski definition) is 4. The first-order valence-corrected chi connectivity index (χ1v) is 9.07. The molecule has 1 aromatic rings. The van der Waals surface area contributed by atoms with Gasteiger partial charge in [0.15, 0.2) is 5.66 Å². The highest BCUT2D eigenvalue weighted by molar-refractivity contribution is 5.75. The first kappa shape index (κ1) is 19.4. The molecule has 2 rings (SSSR count). The normalized spacial score (nSPS) is 18.8. The van der Waals surface area contributed by atoms with Crippen LogP contribution in [0.2, 0.25) is 0 Å². The summed E-state index contributed by atoms with van der Waals surface area (Å²) in [5.41, 5.74) is -0.418. The van der Waals surface area contributed by atoms with Crippen molar-refractivity contribution in [2.75, 3.05) is 0 Å². The van der Waals surface area contributed by atoms with Crippen LogP contribution in [0.5, 0.6) is 0 Å². The zero-order chi connectivity index (χ0) is 18.5. The molecule has 0 spiro atoms. The van der Waals surface area contributed by atoms with E-state index in [1.54, 1.807) is 0 Å². The number of rotatable bonds is 4. The Bertz CT molecular complexity index is 590. The maximum atomic E-state index is 12.7. The van der Waals surface area contributed by atoms with Gasteiger partial charge in [-0.1, -0.05) is 49.6 Å². The molecule has 2 amide bonds. The number of amides is 2. The van der Waals surface area contributed by atoms with E-state index in [0.717, 1.165) is 31.2 Å². The van der Waals surface area contributed by atoms with E-state index in [2.05, 4.69) is 15.5 Å². The van der Waals surface area contributed by atoms with Crippen molar-refractivity contribution in [3.05, 3.63) is 35.9 Å². The Hall–Kier alpha value is -1.95. The number of nitrogens with zero attached hydrogens (tertiary/aromatic N) is 3. The van der Waals surface area contributed by atoms with E-state index in [1.165, 1.54) is 11.4 Å². The third kappa shape index (κ3) is 5.53. The summed E-state index contributed by atoms with van der Waals surface area (Å²) in [4.78, 5) is 12.7. The number of hydrazine groups is 1. The van der Waals surface area contributed by atoms with E-state index < -0.39 is 5.66 Å². The molecule has 1 unspecified atom stereocenters. The highest BCUT2D eigenvalue weighted by Gasteiger charge is 2.32. The Kier molecular flexibility index (Phi) is 6.16. The van der Waals surface area contributed by atoms with Gasteiger partial charge >= 0.3 is 6.03 Å². The van der Waals surface area contributed by atoms with E-state index >= 15 is 0 Å². The van der Waals surface area contributed by atoms with Crippen molar-refractivity contribution in [1.82, 2.24) is 10.3 Å². The van der Waals surface area contributed by atoms with Crippen LogP contribution in [0.1, 0.15) is 65.4 Å². The smallest absolute Gasteiger partial charge is 0.307 e. The summed E-state index contributed by atoms with van der Waals surface area (Å²) in [6.45, 7) is 7.77. The van der Waals surface area contributed by atoms with Crippen LogP contribution in [0.3, 0.4) is 0 Å². The highest BCUT2D eigenvalue weighted by atomic mass is 16.2. The Labute approximate surface area is 150 Å². The van der Waals surface area contributed by atoms with Gasteiger partial charge in [0.25, 0.3) is 0 Å². The molecular formula is C19H31N5O. The molecule has 6 heteroatoms. The van der Waals surface area contributed by atoms with Crippen molar-refractivity contribution in [3.63, 3.8) is 0 Å². The zero-order valence-corrected chi connectivity index (χ0v) is 15.8. The lowest BCUT2D eigenvalue weighted by atomic mass is 9.95. The average Bonchev–Trinajstić information content (AvgIpc) is 2.60. The molecule has 0 radical (unpaired) electrons. The van der Waals surface area contributed by atoms with Gasteiger partial charge in [-0.25, -0.2) is 10.6 Å². The number of nitrogens with one attached hydrogen (secondary N) is 1. The molecule has 3 N–H and O–H groups in total. The van der Waals surface area contributed by atoms with Gasteiger partial charge in [-0.05, 0) is 40.5 Å². The van der Waals surface area contributed by atoms with Crippen LogP contribution in [-0.4, -0.2) is 22.6 Å². The minimum atomic E-state index is -0.960. The second-order valence-corrected chi connectivity index (χ2v) is 7.94. The van der Waals surface area contributed by atoms with Crippen LogP contribution >= 0.6 is 0 Å². The molecular weight excluding hydrogens is 314 g/mol. The lowest BCUT2D eigenvalue weighted by molar-refractivity contribution is 0.146. The molecule has 1 fully saturated rings. The Morgan fingerprint density at radius 2 is 1.68 bits per heavy atom. The minimum absolute atomic E-state index is 0.0910. The molecule has 0 bridgehead atoms. The van der Waals surface area contributed by atoms with Crippen LogP contribution in [0.15, 0.2) is 40.6 Å². The molecule has 1 saturated carbocycles. The highest BCUT2D eigenvalue weighted by Crippen LogP contribution is 2.26. The summed E-state index contributed by atoms with van der Waals surface area (Å²) < 4.78 is 0. The van der Waals surface area contributed by atoms with Gasteiger partial charge < -0.3 is 5.32 Å². The van der Waals surface area contributed by atoms with E-state index in [-0.39, 0.29) is 17.6 Å². The van der Waals surface area contributed by atoms with Crippen molar-refractivity contribution in [2.45, 2.75) is 77.0 Å². The Morgan fingerprint density at radius 3 is 2.24 bits per heavy atom. The van der Waals surface area contributed by atoms with Gasteiger partial charge in [0.2, 0.25) is 0 Å². The lowest BCUT2D eigenvalue weighted by Gasteiger charge is -2.34. The predicted octanol–water partition coefficient (Wildman–Crippen LogP) is 4.33. The van der Waals surface area contributed by atoms with Crippen molar-refractivity contribution in [1.29, 1.82) is 0 Å². The fourth-order valence-corrected chi connectivity index (χ4v) is 2.97. The quantitative estimate of drug-likeness (QED) is 0.368. The molecule has 6 nitrogen and oxygen atoms in total. The first-order chi connectivity index (χ1) is 11.7. The second kappa shape index (κ2) is 7.95. The third-order valence-corrected chi connectivity index (χ3v) is 4.44. The van der Waals surface area contributed by atoms with Gasteiger partial charge in [0.05, 0.1) is 5.54 Å². The van der Waals surface area contributed by atoms with E-state index in [1.807, 2.05) is 58.0 Å². The third-order valence-electron chi connectivity index (χ3n) is 4.44. The average molecular weight is 345 g/mol. The Morgan fingerprint density at radius 1 is 1.08 bits per heavy atom. The SMILES string of the molecule is CC(C)(C)N=NC(C)(NC(=O)N(N)C1CCCCC1)c1ccccc1. The first-order valence-electron chi connectivity index (χ1n) is 9.07. The molecule has 1 aromatic carbocycles. The van der Waals surface area contributed by atoms with E-state index in [0.29, 0.717) is 0 Å². The molecule has 0 saturated heterocycles. The summed E-state index contributed by atoms with van der Waals surface area (Å²) in [5, 5.41) is 13.2. The fraction of sp³-hybridized carbons (Fsp3) is 0.632. The van der Waals surface area contributed by atoms with Gasteiger partial charge in [0.1, 0.15) is 0 Å². The molecule has 25 heavy (non-hydrogen) atoms. The molecule has 0 aliphatic heterocycles. The predicted molar refractivity (Wildman–Crippen MR) is 99.8 cm³/mol. The molecule has 0 heterocycles. The van der Waals surface area contributed by atoms with Crippen LogP contribution in [0.25, 0.3) is 0 Å². The molecule has 1 aliphatic carbocycles. The van der Waals surface area contributed by atoms with Gasteiger partial charge in [-0.15, -0.1) is 0 Å². The number of nitrogens with two attached hydrogens (primary N) is 1. The summed E-state index contributed by atoms with van der Waals surface area (Å²) >= 11 is 0. The van der Waals surface area contributed by atoms with Crippen molar-refractivity contribution in [3.8, 4) is 0 Å².